The second-order valence-corrected chi connectivity index (χ2v) is 7.71. The van der Waals surface area contributed by atoms with E-state index in [4.69, 9.17) is 4.74 Å². The highest BCUT2D eigenvalue weighted by atomic mass is 32.1. The van der Waals surface area contributed by atoms with E-state index in [1.54, 1.807) is 54.6 Å². The van der Waals surface area contributed by atoms with E-state index in [2.05, 4.69) is 10.6 Å². The molecule has 31 heavy (non-hydrogen) atoms. The summed E-state index contributed by atoms with van der Waals surface area (Å²) in [5.74, 6) is 0.331. The topological polar surface area (TPSA) is 67.4 Å². The van der Waals surface area contributed by atoms with Crippen LogP contribution in [0.25, 0.3) is 0 Å². The molecule has 1 aromatic heterocycles. The average Bonchev–Trinajstić information content (AvgIpc) is 3.35. The Kier molecular flexibility index (Phi) is 6.40. The van der Waals surface area contributed by atoms with Crippen molar-refractivity contribution < 1.29 is 14.3 Å². The Hall–Kier alpha value is -3.90. The maximum atomic E-state index is 12.5. The van der Waals surface area contributed by atoms with E-state index < -0.39 is 0 Å². The summed E-state index contributed by atoms with van der Waals surface area (Å²) in [6.07, 6.45) is 0. The lowest BCUT2D eigenvalue weighted by Crippen LogP contribution is -2.12. The standard InChI is InChI=1S/C25H20N2O3S/c28-24(19-8-14-22(15-9-19)30-17-18-5-2-1-3-6-18)26-20-10-12-21(13-11-20)27-25(29)23-7-4-16-31-23/h1-16H,17H2,(H,26,28)(H,27,29). The van der Waals surface area contributed by atoms with Gasteiger partial charge < -0.3 is 15.4 Å². The van der Waals surface area contributed by atoms with E-state index in [1.165, 1.54) is 11.3 Å². The third-order valence-electron chi connectivity index (χ3n) is 4.51. The Morgan fingerprint density at radius 2 is 1.35 bits per heavy atom. The maximum Gasteiger partial charge on any atom is 0.265 e. The van der Waals surface area contributed by atoms with Crippen molar-refractivity contribution in [3.05, 3.63) is 112 Å². The fourth-order valence-electron chi connectivity index (χ4n) is 2.88. The van der Waals surface area contributed by atoms with Gasteiger partial charge >= 0.3 is 0 Å². The van der Waals surface area contributed by atoms with Crippen LogP contribution >= 0.6 is 11.3 Å². The first kappa shape index (κ1) is 20.4. The summed E-state index contributed by atoms with van der Waals surface area (Å²) in [5, 5.41) is 7.54. The summed E-state index contributed by atoms with van der Waals surface area (Å²) in [5.41, 5.74) is 2.92. The molecular formula is C25H20N2O3S. The first-order chi connectivity index (χ1) is 15.2. The largest absolute Gasteiger partial charge is 0.489 e. The molecule has 0 aliphatic rings. The first-order valence-corrected chi connectivity index (χ1v) is 10.6. The average molecular weight is 429 g/mol. The molecule has 0 aliphatic carbocycles. The van der Waals surface area contributed by atoms with Gasteiger partial charge in [0.05, 0.1) is 4.88 Å². The van der Waals surface area contributed by atoms with Gasteiger partial charge in [-0.05, 0) is 65.5 Å². The Morgan fingerprint density at radius 1 is 0.710 bits per heavy atom. The zero-order valence-corrected chi connectivity index (χ0v) is 17.4. The Morgan fingerprint density at radius 3 is 1.97 bits per heavy atom. The molecule has 0 saturated carbocycles. The van der Waals surface area contributed by atoms with Gasteiger partial charge in [0, 0.05) is 16.9 Å². The lowest BCUT2D eigenvalue weighted by Gasteiger charge is -2.09. The van der Waals surface area contributed by atoms with Crippen LogP contribution in [0.5, 0.6) is 5.75 Å². The van der Waals surface area contributed by atoms with E-state index in [9.17, 15) is 9.59 Å². The van der Waals surface area contributed by atoms with Crippen LogP contribution in [0.15, 0.2) is 96.4 Å². The van der Waals surface area contributed by atoms with Crippen molar-refractivity contribution in [2.75, 3.05) is 10.6 Å². The zero-order valence-electron chi connectivity index (χ0n) is 16.6. The van der Waals surface area contributed by atoms with Crippen molar-refractivity contribution >= 4 is 34.5 Å². The van der Waals surface area contributed by atoms with Crippen molar-refractivity contribution in [1.29, 1.82) is 0 Å². The summed E-state index contributed by atoms with van der Waals surface area (Å²) in [4.78, 5) is 25.2. The molecule has 0 radical (unpaired) electrons. The number of carbonyl (C=O) groups excluding carboxylic acids is 2. The van der Waals surface area contributed by atoms with Crippen molar-refractivity contribution in [2.45, 2.75) is 6.61 Å². The Balaban J connectivity index is 1.31. The van der Waals surface area contributed by atoms with Gasteiger partial charge in [-0.25, -0.2) is 0 Å². The molecule has 0 unspecified atom stereocenters. The number of thiophene rings is 1. The molecule has 154 valence electrons. The summed E-state index contributed by atoms with van der Waals surface area (Å²) >= 11 is 1.38. The summed E-state index contributed by atoms with van der Waals surface area (Å²) < 4.78 is 5.75. The highest BCUT2D eigenvalue weighted by Gasteiger charge is 2.09. The normalized spacial score (nSPS) is 10.3. The molecule has 3 aromatic carbocycles. The van der Waals surface area contributed by atoms with Crippen molar-refractivity contribution in [1.82, 2.24) is 0 Å². The molecule has 4 rings (SSSR count). The fraction of sp³-hybridized carbons (Fsp3) is 0.0400. The fourth-order valence-corrected chi connectivity index (χ4v) is 3.50. The van der Waals surface area contributed by atoms with Gasteiger partial charge in [-0.1, -0.05) is 36.4 Å². The predicted octanol–water partition coefficient (Wildman–Crippen LogP) is 5.83. The van der Waals surface area contributed by atoms with E-state index in [0.717, 1.165) is 5.56 Å². The maximum absolute atomic E-state index is 12.5. The summed E-state index contributed by atoms with van der Waals surface area (Å²) in [6.45, 7) is 0.474. The summed E-state index contributed by atoms with van der Waals surface area (Å²) in [7, 11) is 0. The zero-order chi connectivity index (χ0) is 21.5. The molecule has 0 bridgehead atoms. The molecule has 0 fully saturated rings. The second kappa shape index (κ2) is 9.73. The number of benzene rings is 3. The monoisotopic (exact) mass is 428 g/mol. The minimum absolute atomic E-state index is 0.152. The Labute approximate surface area is 184 Å². The van der Waals surface area contributed by atoms with Crippen LogP contribution in [0.4, 0.5) is 11.4 Å². The van der Waals surface area contributed by atoms with Crippen LogP contribution in [-0.2, 0) is 6.61 Å². The van der Waals surface area contributed by atoms with Gasteiger partial charge in [-0.3, -0.25) is 9.59 Å². The lowest BCUT2D eigenvalue weighted by molar-refractivity contribution is 0.102. The molecule has 2 amide bonds. The van der Waals surface area contributed by atoms with Crippen LogP contribution in [0, 0.1) is 0 Å². The molecule has 0 saturated heterocycles. The molecular weight excluding hydrogens is 408 g/mol. The van der Waals surface area contributed by atoms with Crippen molar-refractivity contribution in [3.63, 3.8) is 0 Å². The molecule has 2 N–H and O–H groups in total. The van der Waals surface area contributed by atoms with E-state index in [-0.39, 0.29) is 11.8 Å². The molecule has 0 atom stereocenters. The number of anilines is 2. The van der Waals surface area contributed by atoms with Crippen LogP contribution in [-0.4, -0.2) is 11.8 Å². The highest BCUT2D eigenvalue weighted by molar-refractivity contribution is 7.12. The van der Waals surface area contributed by atoms with Gasteiger partial charge in [0.1, 0.15) is 12.4 Å². The number of ether oxygens (including phenoxy) is 1. The summed E-state index contributed by atoms with van der Waals surface area (Å²) in [6, 6.07) is 27.5. The molecule has 4 aromatic rings. The van der Waals surface area contributed by atoms with Crippen molar-refractivity contribution in [3.8, 4) is 5.75 Å². The van der Waals surface area contributed by atoms with Gasteiger partial charge in [0.2, 0.25) is 0 Å². The van der Waals surface area contributed by atoms with E-state index >= 15 is 0 Å². The smallest absolute Gasteiger partial charge is 0.265 e. The Bertz CT molecular complexity index is 1140. The van der Waals surface area contributed by atoms with Crippen LogP contribution < -0.4 is 15.4 Å². The van der Waals surface area contributed by atoms with Gasteiger partial charge in [-0.2, -0.15) is 0 Å². The number of amides is 2. The van der Waals surface area contributed by atoms with Gasteiger partial charge in [0.25, 0.3) is 11.8 Å². The minimum atomic E-state index is -0.218. The van der Waals surface area contributed by atoms with Gasteiger partial charge in [0.15, 0.2) is 0 Å². The lowest BCUT2D eigenvalue weighted by atomic mass is 10.2. The molecule has 0 spiro atoms. The molecule has 0 aliphatic heterocycles. The molecule has 6 heteroatoms. The minimum Gasteiger partial charge on any atom is -0.489 e. The predicted molar refractivity (Wildman–Crippen MR) is 124 cm³/mol. The highest BCUT2D eigenvalue weighted by Crippen LogP contribution is 2.18. The van der Waals surface area contributed by atoms with Crippen LogP contribution in [0.1, 0.15) is 25.6 Å². The third kappa shape index (κ3) is 5.58. The number of hydrogen-bond donors (Lipinski definition) is 2. The quantitative estimate of drug-likeness (QED) is 0.389. The van der Waals surface area contributed by atoms with E-state index in [0.29, 0.717) is 34.2 Å². The SMILES string of the molecule is O=C(Nc1ccc(NC(=O)c2cccs2)cc1)c1ccc(OCc2ccccc2)cc1. The number of rotatable bonds is 7. The van der Waals surface area contributed by atoms with E-state index in [1.807, 2.05) is 41.8 Å². The molecule has 5 nitrogen and oxygen atoms in total. The van der Waals surface area contributed by atoms with Crippen LogP contribution in [0.3, 0.4) is 0 Å². The third-order valence-corrected chi connectivity index (χ3v) is 5.38. The molecule has 1 heterocycles. The van der Waals surface area contributed by atoms with Crippen molar-refractivity contribution in [2.24, 2.45) is 0 Å². The number of carbonyl (C=O) groups is 2. The number of nitrogens with one attached hydrogen (secondary N) is 2. The second-order valence-electron chi connectivity index (χ2n) is 6.76. The number of hydrogen-bond acceptors (Lipinski definition) is 4. The van der Waals surface area contributed by atoms with Crippen LogP contribution in [0.2, 0.25) is 0 Å². The van der Waals surface area contributed by atoms with Gasteiger partial charge in [-0.15, -0.1) is 11.3 Å². The first-order valence-electron chi connectivity index (χ1n) is 9.70.